The van der Waals surface area contributed by atoms with Crippen LogP contribution < -0.4 is 5.32 Å². The molecule has 1 fully saturated rings. The summed E-state index contributed by atoms with van der Waals surface area (Å²) in [6, 6.07) is 1.97. The van der Waals surface area contributed by atoms with Gasteiger partial charge >= 0.3 is 0 Å². The van der Waals surface area contributed by atoms with Gasteiger partial charge in [-0.05, 0) is 34.5 Å². The molecule has 1 aromatic heterocycles. The standard InChI is InChI=1S/C13H19BrN2O/c1-8-4-12(14)16-7-11(8)13(17)9(2)5-15-6-10(13)3/h4,7,9-10,15,17H,5-6H2,1-3H3/t9-,10+,13?. The predicted molar refractivity (Wildman–Crippen MR) is 71.8 cm³/mol. The molecule has 0 amide bonds. The van der Waals surface area contributed by atoms with Crippen LogP contribution in [0.5, 0.6) is 0 Å². The highest BCUT2D eigenvalue weighted by atomic mass is 79.9. The van der Waals surface area contributed by atoms with E-state index in [2.05, 4.69) is 40.1 Å². The summed E-state index contributed by atoms with van der Waals surface area (Å²) in [5, 5.41) is 14.4. The SMILES string of the molecule is Cc1cc(Br)ncc1C1(O)[C@H](C)CNC[C@@H]1C. The van der Waals surface area contributed by atoms with Crippen molar-refractivity contribution in [1.29, 1.82) is 0 Å². The smallest absolute Gasteiger partial charge is 0.106 e. The van der Waals surface area contributed by atoms with Gasteiger partial charge in [0, 0.05) is 36.7 Å². The quantitative estimate of drug-likeness (QED) is 0.782. The van der Waals surface area contributed by atoms with Crippen molar-refractivity contribution in [3.05, 3.63) is 28.0 Å². The molecule has 0 saturated carbocycles. The average Bonchev–Trinajstić information content (AvgIpc) is 2.26. The number of nitrogens with zero attached hydrogens (tertiary/aromatic N) is 1. The Morgan fingerprint density at radius 1 is 1.41 bits per heavy atom. The molecule has 94 valence electrons. The van der Waals surface area contributed by atoms with Crippen LogP contribution in [-0.4, -0.2) is 23.2 Å². The lowest BCUT2D eigenvalue weighted by atomic mass is 9.71. The molecule has 17 heavy (non-hydrogen) atoms. The van der Waals surface area contributed by atoms with Crippen LogP contribution >= 0.6 is 15.9 Å². The van der Waals surface area contributed by atoms with Crippen molar-refractivity contribution in [3.63, 3.8) is 0 Å². The summed E-state index contributed by atoms with van der Waals surface area (Å²) >= 11 is 3.36. The van der Waals surface area contributed by atoms with Gasteiger partial charge in [-0.2, -0.15) is 0 Å². The number of nitrogens with one attached hydrogen (secondary N) is 1. The number of aliphatic hydroxyl groups is 1. The van der Waals surface area contributed by atoms with E-state index < -0.39 is 5.60 Å². The molecule has 3 atom stereocenters. The Morgan fingerprint density at radius 2 is 2.00 bits per heavy atom. The third-order valence-electron chi connectivity index (χ3n) is 3.91. The average molecular weight is 299 g/mol. The Hall–Kier alpha value is -0.450. The van der Waals surface area contributed by atoms with Crippen molar-refractivity contribution in [3.8, 4) is 0 Å². The number of piperidine rings is 1. The van der Waals surface area contributed by atoms with E-state index in [1.807, 2.05) is 13.0 Å². The predicted octanol–water partition coefficient (Wildman–Crippen LogP) is 2.22. The minimum Gasteiger partial charge on any atom is -0.384 e. The minimum absolute atomic E-state index is 0.188. The van der Waals surface area contributed by atoms with Crippen molar-refractivity contribution in [2.75, 3.05) is 13.1 Å². The zero-order valence-corrected chi connectivity index (χ0v) is 12.1. The zero-order chi connectivity index (χ0) is 12.6. The number of pyridine rings is 1. The lowest BCUT2D eigenvalue weighted by Crippen LogP contribution is -2.53. The molecule has 2 N–H and O–H groups in total. The van der Waals surface area contributed by atoms with Crippen LogP contribution in [0.25, 0.3) is 0 Å². The maximum atomic E-state index is 11.1. The molecule has 3 nitrogen and oxygen atoms in total. The van der Waals surface area contributed by atoms with Crippen molar-refractivity contribution in [2.24, 2.45) is 11.8 Å². The van der Waals surface area contributed by atoms with Gasteiger partial charge in [0.15, 0.2) is 0 Å². The van der Waals surface area contributed by atoms with Crippen LogP contribution in [0.4, 0.5) is 0 Å². The van der Waals surface area contributed by atoms with Gasteiger partial charge < -0.3 is 10.4 Å². The summed E-state index contributed by atoms with van der Waals surface area (Å²) in [5.74, 6) is 0.376. The van der Waals surface area contributed by atoms with E-state index in [1.165, 1.54) is 0 Å². The van der Waals surface area contributed by atoms with E-state index in [-0.39, 0.29) is 11.8 Å². The molecular formula is C13H19BrN2O. The fourth-order valence-electron chi connectivity index (χ4n) is 2.79. The summed E-state index contributed by atoms with van der Waals surface area (Å²) in [7, 11) is 0. The summed E-state index contributed by atoms with van der Waals surface area (Å²) in [6.45, 7) is 7.89. The van der Waals surface area contributed by atoms with Crippen LogP contribution in [-0.2, 0) is 5.60 Å². The van der Waals surface area contributed by atoms with Gasteiger partial charge in [0.05, 0.1) is 5.60 Å². The summed E-state index contributed by atoms with van der Waals surface area (Å²) in [5.41, 5.74) is 1.28. The number of halogens is 1. The highest BCUT2D eigenvalue weighted by Crippen LogP contribution is 2.40. The van der Waals surface area contributed by atoms with E-state index in [0.29, 0.717) is 0 Å². The van der Waals surface area contributed by atoms with Crippen molar-refractivity contribution in [2.45, 2.75) is 26.4 Å². The molecule has 1 aromatic rings. The molecule has 0 aromatic carbocycles. The highest BCUT2D eigenvalue weighted by Gasteiger charge is 2.44. The summed E-state index contributed by atoms with van der Waals surface area (Å²) in [4.78, 5) is 4.27. The van der Waals surface area contributed by atoms with Gasteiger partial charge in [0.1, 0.15) is 4.60 Å². The molecule has 0 radical (unpaired) electrons. The maximum Gasteiger partial charge on any atom is 0.106 e. The highest BCUT2D eigenvalue weighted by molar-refractivity contribution is 9.10. The van der Waals surface area contributed by atoms with E-state index in [1.54, 1.807) is 6.20 Å². The zero-order valence-electron chi connectivity index (χ0n) is 10.5. The molecule has 0 spiro atoms. The lowest BCUT2D eigenvalue weighted by Gasteiger charge is -2.44. The van der Waals surface area contributed by atoms with Crippen molar-refractivity contribution >= 4 is 15.9 Å². The minimum atomic E-state index is -0.775. The molecular weight excluding hydrogens is 280 g/mol. The molecule has 2 rings (SSSR count). The van der Waals surface area contributed by atoms with Gasteiger partial charge in [-0.3, -0.25) is 0 Å². The van der Waals surface area contributed by atoms with Crippen LogP contribution in [0.2, 0.25) is 0 Å². The van der Waals surface area contributed by atoms with E-state index in [4.69, 9.17) is 0 Å². The molecule has 1 unspecified atom stereocenters. The van der Waals surface area contributed by atoms with Crippen molar-refractivity contribution < 1.29 is 5.11 Å². The van der Waals surface area contributed by atoms with Crippen molar-refractivity contribution in [1.82, 2.24) is 10.3 Å². The third-order valence-corrected chi connectivity index (χ3v) is 4.35. The first-order chi connectivity index (χ1) is 7.96. The van der Waals surface area contributed by atoms with Gasteiger partial charge in [-0.1, -0.05) is 13.8 Å². The molecule has 1 aliphatic heterocycles. The van der Waals surface area contributed by atoms with Gasteiger partial charge in [0.25, 0.3) is 0 Å². The summed E-state index contributed by atoms with van der Waals surface area (Å²) in [6.07, 6.45) is 1.80. The van der Waals surface area contributed by atoms with Crippen LogP contribution in [0.15, 0.2) is 16.9 Å². The third kappa shape index (κ3) is 2.14. The Morgan fingerprint density at radius 3 is 2.53 bits per heavy atom. The second-order valence-electron chi connectivity index (χ2n) is 5.11. The monoisotopic (exact) mass is 298 g/mol. The largest absolute Gasteiger partial charge is 0.384 e. The lowest BCUT2D eigenvalue weighted by molar-refractivity contribution is -0.0813. The van der Waals surface area contributed by atoms with Gasteiger partial charge in [0.2, 0.25) is 0 Å². The molecule has 0 aliphatic carbocycles. The van der Waals surface area contributed by atoms with E-state index in [0.717, 1.165) is 28.8 Å². The normalized spacial score (nSPS) is 33.7. The van der Waals surface area contributed by atoms with Gasteiger partial charge in [-0.15, -0.1) is 0 Å². The molecule has 1 saturated heterocycles. The topological polar surface area (TPSA) is 45.2 Å². The van der Waals surface area contributed by atoms with Crippen LogP contribution in [0.1, 0.15) is 25.0 Å². The Balaban J connectivity index is 2.48. The maximum absolute atomic E-state index is 11.1. The first-order valence-electron chi connectivity index (χ1n) is 6.02. The Kier molecular flexibility index (Phi) is 3.57. The fourth-order valence-corrected chi connectivity index (χ4v) is 3.23. The van der Waals surface area contributed by atoms with Gasteiger partial charge in [-0.25, -0.2) is 4.98 Å². The van der Waals surface area contributed by atoms with Crippen LogP contribution in [0.3, 0.4) is 0 Å². The second-order valence-corrected chi connectivity index (χ2v) is 5.92. The molecule has 2 heterocycles. The first-order valence-corrected chi connectivity index (χ1v) is 6.81. The Labute approximate surface area is 111 Å². The first kappa shape index (κ1) is 13.0. The van der Waals surface area contributed by atoms with E-state index >= 15 is 0 Å². The summed E-state index contributed by atoms with van der Waals surface area (Å²) < 4.78 is 0.816. The second kappa shape index (κ2) is 4.67. The number of aromatic nitrogens is 1. The fraction of sp³-hybridized carbons (Fsp3) is 0.615. The molecule has 1 aliphatic rings. The number of hydrogen-bond acceptors (Lipinski definition) is 3. The van der Waals surface area contributed by atoms with Crippen LogP contribution in [0, 0.1) is 18.8 Å². The number of rotatable bonds is 1. The van der Waals surface area contributed by atoms with E-state index in [9.17, 15) is 5.11 Å². The molecule has 4 heteroatoms. The number of aryl methyl sites for hydroxylation is 1. The number of hydrogen-bond donors (Lipinski definition) is 2. The Bertz CT molecular complexity index is 412. The molecule has 0 bridgehead atoms.